The van der Waals surface area contributed by atoms with Crippen LogP contribution in [0.25, 0.3) is 21.9 Å². The number of hydrogen-bond donors (Lipinski definition) is 3. The van der Waals surface area contributed by atoms with Crippen LogP contribution in [0.2, 0.25) is 0 Å². The fourth-order valence-electron chi connectivity index (χ4n) is 3.80. The van der Waals surface area contributed by atoms with Crippen LogP contribution in [0.15, 0.2) is 73.1 Å². The maximum Gasteiger partial charge on any atom is 0.433 e. The summed E-state index contributed by atoms with van der Waals surface area (Å²) in [7, 11) is 0. The highest BCUT2D eigenvalue weighted by molar-refractivity contribution is 6.12. The fraction of sp³-hybridized carbons (Fsp3) is 0.0800. The van der Waals surface area contributed by atoms with Gasteiger partial charge in [-0.2, -0.15) is 26.3 Å². The molecule has 0 spiro atoms. The maximum absolute atomic E-state index is 13.4. The van der Waals surface area contributed by atoms with E-state index in [1.54, 1.807) is 30.3 Å². The molecule has 6 nitrogen and oxygen atoms in total. The number of rotatable bonds is 4. The number of benzene rings is 2. The summed E-state index contributed by atoms with van der Waals surface area (Å²) < 4.78 is 79.4. The quantitative estimate of drug-likeness (QED) is 0.222. The Labute approximate surface area is 204 Å². The molecule has 37 heavy (non-hydrogen) atoms. The molecule has 0 bridgehead atoms. The summed E-state index contributed by atoms with van der Waals surface area (Å²) in [4.78, 5) is 22.9. The number of halogens is 6. The summed E-state index contributed by atoms with van der Waals surface area (Å²) >= 11 is 0. The summed E-state index contributed by atoms with van der Waals surface area (Å²) in [6.07, 6.45) is -7.37. The second-order valence-electron chi connectivity index (χ2n) is 8.05. The molecule has 3 heterocycles. The Bertz CT molecular complexity index is 1640. The Morgan fingerprint density at radius 2 is 1.59 bits per heavy atom. The highest BCUT2D eigenvalue weighted by atomic mass is 19.4. The first-order valence-corrected chi connectivity index (χ1v) is 10.7. The lowest BCUT2D eigenvalue weighted by Gasteiger charge is -2.14. The van der Waals surface area contributed by atoms with E-state index in [9.17, 15) is 31.1 Å². The zero-order chi connectivity index (χ0) is 26.4. The van der Waals surface area contributed by atoms with Crippen molar-refractivity contribution in [3.63, 3.8) is 0 Å². The van der Waals surface area contributed by atoms with Crippen LogP contribution in [0.1, 0.15) is 21.6 Å². The zero-order valence-corrected chi connectivity index (χ0v) is 18.5. The van der Waals surface area contributed by atoms with E-state index >= 15 is 0 Å². The molecule has 12 heteroatoms. The van der Waals surface area contributed by atoms with Gasteiger partial charge in [0.25, 0.3) is 5.91 Å². The van der Waals surface area contributed by atoms with Crippen molar-refractivity contribution < 1.29 is 31.1 Å². The largest absolute Gasteiger partial charge is 0.433 e. The minimum atomic E-state index is -4.66. The van der Waals surface area contributed by atoms with Crippen molar-refractivity contribution in [3.8, 4) is 0 Å². The van der Waals surface area contributed by atoms with Gasteiger partial charge in [0, 0.05) is 34.5 Å². The number of anilines is 3. The van der Waals surface area contributed by atoms with Crippen molar-refractivity contribution in [2.75, 3.05) is 10.6 Å². The molecule has 188 valence electrons. The molecule has 5 rings (SSSR count). The van der Waals surface area contributed by atoms with Gasteiger partial charge in [-0.25, -0.2) is 9.97 Å². The number of carbonyl (C=O) groups excluding carboxylic acids is 1. The Balaban J connectivity index is 1.43. The van der Waals surface area contributed by atoms with Crippen LogP contribution < -0.4 is 10.6 Å². The second kappa shape index (κ2) is 8.80. The monoisotopic (exact) mass is 515 g/mol. The van der Waals surface area contributed by atoms with Crippen LogP contribution in [0.5, 0.6) is 0 Å². The number of hydrogen-bond acceptors (Lipinski definition) is 4. The molecule has 1 amide bonds. The molecule has 3 aromatic heterocycles. The van der Waals surface area contributed by atoms with E-state index in [1.165, 1.54) is 24.4 Å². The van der Waals surface area contributed by atoms with Crippen molar-refractivity contribution in [2.45, 2.75) is 12.4 Å². The number of para-hydroxylation sites is 1. The number of nitrogens with one attached hydrogen (secondary N) is 3. The van der Waals surface area contributed by atoms with Gasteiger partial charge in [-0.1, -0.05) is 24.3 Å². The van der Waals surface area contributed by atoms with Crippen LogP contribution in [0, 0.1) is 0 Å². The topological polar surface area (TPSA) is 82.7 Å². The summed E-state index contributed by atoms with van der Waals surface area (Å²) in [5.41, 5.74) is -1.08. The van der Waals surface area contributed by atoms with Crippen LogP contribution >= 0.6 is 0 Å². The van der Waals surface area contributed by atoms with Crippen molar-refractivity contribution in [2.24, 2.45) is 0 Å². The zero-order valence-electron chi connectivity index (χ0n) is 18.5. The lowest BCUT2D eigenvalue weighted by molar-refractivity contribution is -0.141. The first-order valence-electron chi connectivity index (χ1n) is 10.7. The molecule has 0 radical (unpaired) electrons. The second-order valence-corrected chi connectivity index (χ2v) is 8.05. The number of nitrogens with zero attached hydrogens (tertiary/aromatic N) is 2. The molecular weight excluding hydrogens is 500 g/mol. The minimum absolute atomic E-state index is 0.00969. The lowest BCUT2D eigenvalue weighted by atomic mass is 10.1. The third-order valence-corrected chi connectivity index (χ3v) is 5.51. The van der Waals surface area contributed by atoms with Gasteiger partial charge in [-0.05, 0) is 36.4 Å². The first kappa shape index (κ1) is 24.1. The molecule has 0 saturated carbocycles. The summed E-state index contributed by atoms with van der Waals surface area (Å²) in [6.45, 7) is 0. The number of aromatic amines is 1. The molecular formula is C25H15F6N5O. The predicted molar refractivity (Wildman–Crippen MR) is 126 cm³/mol. The Morgan fingerprint density at radius 1 is 0.838 bits per heavy atom. The SMILES string of the molecule is O=C(Nc1cccc(Nc2cc(C(F)(F)F)nc3ccccc23)c1)c1c[nH]c2ncc(C(F)(F)F)cc12. The summed E-state index contributed by atoms with van der Waals surface area (Å²) in [6, 6.07) is 14.2. The van der Waals surface area contributed by atoms with Crippen LogP contribution in [-0.4, -0.2) is 20.9 Å². The molecule has 0 aliphatic rings. The van der Waals surface area contributed by atoms with Crippen LogP contribution in [0.4, 0.5) is 43.4 Å². The molecule has 0 aliphatic carbocycles. The number of H-pyrrole nitrogens is 1. The van der Waals surface area contributed by atoms with Gasteiger partial charge >= 0.3 is 12.4 Å². The summed E-state index contributed by atoms with van der Waals surface area (Å²) in [5, 5.41) is 5.97. The minimum Gasteiger partial charge on any atom is -0.355 e. The Morgan fingerprint density at radius 3 is 2.35 bits per heavy atom. The normalized spacial score (nSPS) is 12.2. The molecule has 2 aromatic carbocycles. The van der Waals surface area contributed by atoms with E-state index in [1.807, 2.05) is 0 Å². The van der Waals surface area contributed by atoms with Gasteiger partial charge in [-0.15, -0.1) is 0 Å². The number of amides is 1. The van der Waals surface area contributed by atoms with E-state index in [0.29, 0.717) is 17.3 Å². The Kier molecular flexibility index (Phi) is 5.73. The van der Waals surface area contributed by atoms with Gasteiger partial charge in [-0.3, -0.25) is 4.79 Å². The maximum atomic E-state index is 13.4. The third kappa shape index (κ3) is 4.90. The molecule has 0 saturated heterocycles. The van der Waals surface area contributed by atoms with Crippen molar-refractivity contribution in [1.29, 1.82) is 0 Å². The van der Waals surface area contributed by atoms with Gasteiger partial charge in [0.05, 0.1) is 22.3 Å². The van der Waals surface area contributed by atoms with Crippen LogP contribution in [0.3, 0.4) is 0 Å². The third-order valence-electron chi connectivity index (χ3n) is 5.51. The molecule has 3 N–H and O–H groups in total. The number of pyridine rings is 2. The van der Waals surface area contributed by atoms with Gasteiger partial charge in [0.2, 0.25) is 0 Å². The van der Waals surface area contributed by atoms with E-state index in [-0.39, 0.29) is 33.5 Å². The molecule has 0 fully saturated rings. The lowest BCUT2D eigenvalue weighted by Crippen LogP contribution is -2.12. The molecule has 0 atom stereocenters. The Hall–Kier alpha value is -4.61. The van der Waals surface area contributed by atoms with Gasteiger partial charge < -0.3 is 15.6 Å². The van der Waals surface area contributed by atoms with Crippen molar-refractivity contribution in [3.05, 3.63) is 89.9 Å². The highest BCUT2D eigenvalue weighted by Gasteiger charge is 2.34. The van der Waals surface area contributed by atoms with Gasteiger partial charge in [0.1, 0.15) is 11.3 Å². The number of alkyl halides is 6. The number of aromatic nitrogens is 3. The van der Waals surface area contributed by atoms with E-state index in [4.69, 9.17) is 0 Å². The number of carbonyl (C=O) groups is 1. The predicted octanol–water partition coefficient (Wildman–Crippen LogP) is 7.14. The van der Waals surface area contributed by atoms with Gasteiger partial charge in [0.15, 0.2) is 0 Å². The van der Waals surface area contributed by atoms with E-state index in [2.05, 4.69) is 25.6 Å². The average Bonchev–Trinajstić information content (AvgIpc) is 3.27. The fourth-order valence-corrected chi connectivity index (χ4v) is 3.80. The first-order chi connectivity index (χ1) is 17.5. The standard InChI is InChI=1S/C25H15F6N5O/c26-24(27,28)13-8-17-18(12-33-22(17)32-11-13)23(37)35-15-5-3-4-14(9-15)34-20-10-21(25(29,30)31)36-19-7-2-1-6-16(19)20/h1-12H,(H,32,33)(H,34,36)(H,35,37). The highest BCUT2D eigenvalue weighted by Crippen LogP contribution is 2.35. The average molecular weight is 515 g/mol. The van der Waals surface area contributed by atoms with Crippen LogP contribution in [-0.2, 0) is 12.4 Å². The molecule has 5 aromatic rings. The van der Waals surface area contributed by atoms with Crippen molar-refractivity contribution in [1.82, 2.24) is 15.0 Å². The smallest absolute Gasteiger partial charge is 0.355 e. The van der Waals surface area contributed by atoms with E-state index in [0.717, 1.165) is 12.1 Å². The molecule has 0 unspecified atom stereocenters. The number of fused-ring (bicyclic) bond motifs is 2. The summed E-state index contributed by atoms with van der Waals surface area (Å²) in [5.74, 6) is -0.696. The van der Waals surface area contributed by atoms with Crippen molar-refractivity contribution >= 4 is 44.9 Å². The molecule has 0 aliphatic heterocycles. The van der Waals surface area contributed by atoms with E-state index < -0.39 is 29.5 Å².